The Kier molecular flexibility index (Phi) is 6.36. The maximum atomic E-state index is 12.2. The van der Waals surface area contributed by atoms with E-state index in [-0.39, 0.29) is 5.97 Å². The lowest BCUT2D eigenvalue weighted by molar-refractivity contribution is -0.145. The number of hydrogen-bond donors (Lipinski definition) is 1. The second-order valence-corrected chi connectivity index (χ2v) is 7.49. The third-order valence-corrected chi connectivity index (χ3v) is 4.27. The van der Waals surface area contributed by atoms with Crippen molar-refractivity contribution in [2.75, 3.05) is 6.61 Å². The third kappa shape index (κ3) is 5.43. The van der Waals surface area contributed by atoms with Gasteiger partial charge in [0.2, 0.25) is 0 Å². The number of benzene rings is 1. The Labute approximate surface area is 123 Å². The summed E-state index contributed by atoms with van der Waals surface area (Å²) in [6.07, 6.45) is 0.460. The fourth-order valence-corrected chi connectivity index (χ4v) is 2.36. The van der Waals surface area contributed by atoms with Crippen molar-refractivity contribution in [3.05, 3.63) is 35.9 Å². The normalized spacial score (nSPS) is 14.6. The molecule has 0 saturated carbocycles. The average Bonchev–Trinajstić information content (AvgIpc) is 2.38. The lowest BCUT2D eigenvalue weighted by atomic mass is 10.1. The molecule has 0 aliphatic heterocycles. The van der Waals surface area contributed by atoms with E-state index in [1.807, 2.05) is 51.1 Å². The first-order valence-electron chi connectivity index (χ1n) is 6.73. The summed E-state index contributed by atoms with van der Waals surface area (Å²) in [5.41, 5.74) is 1.00. The zero-order chi connectivity index (χ0) is 15.2. The van der Waals surface area contributed by atoms with Gasteiger partial charge in [-0.15, -0.1) is 0 Å². The van der Waals surface area contributed by atoms with Crippen molar-refractivity contribution in [1.82, 2.24) is 4.72 Å². The molecular formula is C15H23NO3S. The highest BCUT2D eigenvalue weighted by atomic mass is 32.2. The predicted octanol–water partition coefficient (Wildman–Crippen LogP) is 2.21. The van der Waals surface area contributed by atoms with Crippen molar-refractivity contribution in [2.24, 2.45) is 0 Å². The molecule has 0 radical (unpaired) electrons. The predicted molar refractivity (Wildman–Crippen MR) is 81.6 cm³/mol. The summed E-state index contributed by atoms with van der Waals surface area (Å²) in [5, 5.41) is 0. The number of rotatable bonds is 6. The number of nitrogens with one attached hydrogen (secondary N) is 1. The quantitative estimate of drug-likeness (QED) is 0.819. The maximum Gasteiger partial charge on any atom is 0.324 e. The van der Waals surface area contributed by atoms with Crippen LogP contribution in [0.3, 0.4) is 0 Å². The van der Waals surface area contributed by atoms with Crippen LogP contribution in [0, 0.1) is 0 Å². The van der Waals surface area contributed by atoms with Crippen molar-refractivity contribution < 1.29 is 13.7 Å². The number of hydrogen-bond acceptors (Lipinski definition) is 3. The van der Waals surface area contributed by atoms with Crippen LogP contribution in [0.15, 0.2) is 30.3 Å². The SMILES string of the molecule is CCOC(=O)[C@H](Cc1ccccc1)NS(=O)C(C)(C)C. The largest absolute Gasteiger partial charge is 0.465 e. The van der Waals surface area contributed by atoms with E-state index in [1.165, 1.54) is 0 Å². The van der Waals surface area contributed by atoms with Gasteiger partial charge >= 0.3 is 5.97 Å². The van der Waals surface area contributed by atoms with E-state index in [9.17, 15) is 9.00 Å². The molecule has 0 aliphatic carbocycles. The van der Waals surface area contributed by atoms with Gasteiger partial charge in [-0.1, -0.05) is 30.3 Å². The van der Waals surface area contributed by atoms with Gasteiger partial charge in [-0.25, -0.2) is 8.93 Å². The van der Waals surface area contributed by atoms with Gasteiger partial charge in [-0.2, -0.15) is 0 Å². The first-order valence-corrected chi connectivity index (χ1v) is 7.88. The Balaban J connectivity index is 2.81. The van der Waals surface area contributed by atoms with Crippen molar-refractivity contribution in [3.8, 4) is 0 Å². The summed E-state index contributed by atoms with van der Waals surface area (Å²) in [4.78, 5) is 12.0. The minimum atomic E-state index is -1.32. The first-order chi connectivity index (χ1) is 9.34. The molecule has 0 heterocycles. The van der Waals surface area contributed by atoms with Crippen molar-refractivity contribution in [1.29, 1.82) is 0 Å². The van der Waals surface area contributed by atoms with Gasteiger partial charge in [0.1, 0.15) is 6.04 Å². The van der Waals surface area contributed by atoms with Crippen molar-refractivity contribution in [2.45, 2.75) is 44.9 Å². The molecule has 0 saturated heterocycles. The van der Waals surface area contributed by atoms with E-state index in [0.717, 1.165) is 5.56 Å². The Bertz CT molecular complexity index is 454. The number of carbonyl (C=O) groups is 1. The molecule has 0 aromatic heterocycles. The van der Waals surface area contributed by atoms with Crippen LogP contribution in [0.5, 0.6) is 0 Å². The summed E-state index contributed by atoms with van der Waals surface area (Å²) in [6.45, 7) is 7.66. The first kappa shape index (κ1) is 16.9. The van der Waals surface area contributed by atoms with Crippen LogP contribution in [0.2, 0.25) is 0 Å². The fraction of sp³-hybridized carbons (Fsp3) is 0.533. The molecule has 0 bridgehead atoms. The van der Waals surface area contributed by atoms with Gasteiger partial charge in [-0.05, 0) is 39.7 Å². The zero-order valence-corrected chi connectivity index (χ0v) is 13.3. The highest BCUT2D eigenvalue weighted by Crippen LogP contribution is 2.12. The van der Waals surface area contributed by atoms with E-state index < -0.39 is 21.8 Å². The van der Waals surface area contributed by atoms with E-state index in [0.29, 0.717) is 13.0 Å². The smallest absolute Gasteiger partial charge is 0.324 e. The van der Waals surface area contributed by atoms with Gasteiger partial charge in [-0.3, -0.25) is 4.79 Å². The van der Waals surface area contributed by atoms with E-state index >= 15 is 0 Å². The highest BCUT2D eigenvalue weighted by Gasteiger charge is 2.27. The van der Waals surface area contributed by atoms with Crippen LogP contribution in [-0.4, -0.2) is 27.6 Å². The van der Waals surface area contributed by atoms with Crippen LogP contribution >= 0.6 is 0 Å². The summed E-state index contributed by atoms with van der Waals surface area (Å²) < 4.78 is 19.7. The van der Waals surface area contributed by atoms with Gasteiger partial charge in [0, 0.05) is 0 Å². The van der Waals surface area contributed by atoms with Crippen LogP contribution < -0.4 is 4.72 Å². The second-order valence-electron chi connectivity index (χ2n) is 5.49. The Hall–Kier alpha value is -1.20. The van der Waals surface area contributed by atoms with Gasteiger partial charge < -0.3 is 4.74 Å². The molecule has 1 unspecified atom stereocenters. The molecule has 4 nitrogen and oxygen atoms in total. The standard InChI is InChI=1S/C15H23NO3S/c1-5-19-14(17)13(16-20(18)15(2,3)4)11-12-9-7-6-8-10-12/h6-10,13,16H,5,11H2,1-4H3/t13-,20?/m0/s1. The molecule has 1 N–H and O–H groups in total. The lowest BCUT2D eigenvalue weighted by Crippen LogP contribution is -2.45. The van der Waals surface area contributed by atoms with Crippen LogP contribution in [0.25, 0.3) is 0 Å². The average molecular weight is 297 g/mol. The summed E-state index contributed by atoms with van der Waals surface area (Å²) in [6, 6.07) is 9.03. The van der Waals surface area contributed by atoms with Crippen LogP contribution in [0.1, 0.15) is 33.3 Å². The van der Waals surface area contributed by atoms with Crippen molar-refractivity contribution in [3.63, 3.8) is 0 Å². The zero-order valence-electron chi connectivity index (χ0n) is 12.5. The fourth-order valence-electron chi connectivity index (χ4n) is 1.57. The van der Waals surface area contributed by atoms with Crippen molar-refractivity contribution >= 4 is 17.0 Å². The maximum absolute atomic E-state index is 12.2. The van der Waals surface area contributed by atoms with E-state index in [1.54, 1.807) is 6.92 Å². The number of carbonyl (C=O) groups excluding carboxylic acids is 1. The number of esters is 1. The topological polar surface area (TPSA) is 55.4 Å². The van der Waals surface area contributed by atoms with Gasteiger partial charge in [0.25, 0.3) is 0 Å². The molecule has 5 heteroatoms. The molecule has 0 spiro atoms. The Morgan fingerprint density at radius 3 is 2.40 bits per heavy atom. The molecule has 1 aromatic rings. The number of ether oxygens (including phenoxy) is 1. The minimum absolute atomic E-state index is 0.313. The van der Waals surface area contributed by atoms with E-state index in [2.05, 4.69) is 4.72 Å². The highest BCUT2D eigenvalue weighted by molar-refractivity contribution is 7.84. The summed E-state index contributed by atoms with van der Waals surface area (Å²) in [7, 11) is -1.32. The molecule has 1 aromatic carbocycles. The van der Waals surface area contributed by atoms with E-state index in [4.69, 9.17) is 4.74 Å². The molecule has 0 aliphatic rings. The molecular weight excluding hydrogens is 274 g/mol. The molecule has 20 heavy (non-hydrogen) atoms. The molecule has 0 fully saturated rings. The van der Waals surface area contributed by atoms with Crippen LogP contribution in [0.4, 0.5) is 0 Å². The molecule has 1 rings (SSSR count). The van der Waals surface area contributed by atoms with Gasteiger partial charge in [0.05, 0.1) is 22.3 Å². The van der Waals surface area contributed by atoms with Crippen LogP contribution in [-0.2, 0) is 26.9 Å². The van der Waals surface area contributed by atoms with Gasteiger partial charge in [0.15, 0.2) is 0 Å². The lowest BCUT2D eigenvalue weighted by Gasteiger charge is -2.23. The molecule has 2 atom stereocenters. The second kappa shape index (κ2) is 7.55. The summed E-state index contributed by atoms with van der Waals surface area (Å²) in [5.74, 6) is -0.367. The minimum Gasteiger partial charge on any atom is -0.465 e. The third-order valence-electron chi connectivity index (χ3n) is 2.66. The summed E-state index contributed by atoms with van der Waals surface area (Å²) >= 11 is 0. The molecule has 0 amide bonds. The molecule has 112 valence electrons. The monoisotopic (exact) mass is 297 g/mol. The Morgan fingerprint density at radius 1 is 1.30 bits per heavy atom. The Morgan fingerprint density at radius 2 is 1.90 bits per heavy atom.